The molecule has 0 aromatic carbocycles. The molecule has 74 valence electrons. The van der Waals surface area contributed by atoms with Gasteiger partial charge in [-0.25, -0.2) is 9.97 Å². The van der Waals surface area contributed by atoms with E-state index in [0.717, 1.165) is 5.56 Å². The minimum Gasteiger partial charge on any atom is -0.363 e. The molecule has 2 aromatic heterocycles. The number of primary amides is 1. The standard InChI is InChI=1S/C10H8N4O/c11-9(15)10-13-5-3-8(14-10)7-2-1-4-12-6-7/h1-6H,(H2,11,15). The number of carbonyl (C=O) groups is 1. The highest BCUT2D eigenvalue weighted by Gasteiger charge is 2.05. The first-order chi connectivity index (χ1) is 7.27. The van der Waals surface area contributed by atoms with Gasteiger partial charge in [-0.3, -0.25) is 9.78 Å². The van der Waals surface area contributed by atoms with Crippen LogP contribution >= 0.6 is 0 Å². The smallest absolute Gasteiger partial charge is 0.286 e. The molecule has 15 heavy (non-hydrogen) atoms. The normalized spacial score (nSPS) is 9.87. The summed E-state index contributed by atoms with van der Waals surface area (Å²) in [4.78, 5) is 22.6. The van der Waals surface area contributed by atoms with Crippen molar-refractivity contribution in [2.75, 3.05) is 0 Å². The van der Waals surface area contributed by atoms with Crippen LogP contribution in [0.5, 0.6) is 0 Å². The van der Waals surface area contributed by atoms with Crippen LogP contribution in [0.3, 0.4) is 0 Å². The number of nitrogens with zero attached hydrogens (tertiary/aromatic N) is 3. The number of hydrogen-bond donors (Lipinski definition) is 1. The maximum atomic E-state index is 10.9. The number of nitrogens with two attached hydrogens (primary N) is 1. The topological polar surface area (TPSA) is 81.8 Å². The molecular weight excluding hydrogens is 192 g/mol. The Hall–Kier alpha value is -2.30. The quantitative estimate of drug-likeness (QED) is 0.771. The number of hydrogen-bond acceptors (Lipinski definition) is 4. The van der Waals surface area contributed by atoms with E-state index in [2.05, 4.69) is 15.0 Å². The van der Waals surface area contributed by atoms with E-state index < -0.39 is 5.91 Å². The second-order valence-electron chi connectivity index (χ2n) is 2.87. The first-order valence-electron chi connectivity index (χ1n) is 4.30. The molecule has 0 aliphatic carbocycles. The summed E-state index contributed by atoms with van der Waals surface area (Å²) in [5.74, 6) is -0.628. The average molecular weight is 200 g/mol. The van der Waals surface area contributed by atoms with Crippen LogP contribution in [0, 0.1) is 0 Å². The molecular formula is C10H8N4O. The average Bonchev–Trinajstić information content (AvgIpc) is 2.30. The molecule has 2 rings (SSSR count). The minimum absolute atomic E-state index is 0.0105. The number of amides is 1. The van der Waals surface area contributed by atoms with E-state index in [9.17, 15) is 4.79 Å². The van der Waals surface area contributed by atoms with Crippen LogP contribution in [-0.4, -0.2) is 20.9 Å². The van der Waals surface area contributed by atoms with Crippen LogP contribution < -0.4 is 5.73 Å². The van der Waals surface area contributed by atoms with Gasteiger partial charge in [0.1, 0.15) is 0 Å². The number of carbonyl (C=O) groups excluding carboxylic acids is 1. The summed E-state index contributed by atoms with van der Waals surface area (Å²) in [6.45, 7) is 0. The monoisotopic (exact) mass is 200 g/mol. The minimum atomic E-state index is -0.638. The van der Waals surface area contributed by atoms with Crippen LogP contribution in [0.25, 0.3) is 11.3 Å². The van der Waals surface area contributed by atoms with Gasteiger partial charge in [0.25, 0.3) is 5.91 Å². The Labute approximate surface area is 86.0 Å². The molecule has 2 aromatic rings. The van der Waals surface area contributed by atoms with Crippen molar-refractivity contribution in [3.05, 3.63) is 42.6 Å². The third-order valence-corrected chi connectivity index (χ3v) is 1.83. The molecule has 5 heteroatoms. The second-order valence-corrected chi connectivity index (χ2v) is 2.87. The van der Waals surface area contributed by atoms with Gasteiger partial charge in [-0.15, -0.1) is 0 Å². The van der Waals surface area contributed by atoms with Crippen molar-refractivity contribution in [1.82, 2.24) is 15.0 Å². The third kappa shape index (κ3) is 1.96. The highest BCUT2D eigenvalue weighted by Crippen LogP contribution is 2.13. The van der Waals surface area contributed by atoms with Gasteiger partial charge in [-0.2, -0.15) is 0 Å². The van der Waals surface area contributed by atoms with E-state index in [-0.39, 0.29) is 5.82 Å². The SMILES string of the molecule is NC(=O)c1nccc(-c2cccnc2)n1. The van der Waals surface area contributed by atoms with Crippen molar-refractivity contribution in [3.63, 3.8) is 0 Å². The zero-order valence-corrected chi connectivity index (χ0v) is 7.79. The van der Waals surface area contributed by atoms with Gasteiger partial charge in [0.2, 0.25) is 5.82 Å². The predicted octanol–water partition coefficient (Wildman–Crippen LogP) is 0.637. The van der Waals surface area contributed by atoms with Crippen LogP contribution in [0.15, 0.2) is 36.8 Å². The lowest BCUT2D eigenvalue weighted by Crippen LogP contribution is -2.15. The zero-order valence-electron chi connectivity index (χ0n) is 7.79. The van der Waals surface area contributed by atoms with Gasteiger partial charge in [0.05, 0.1) is 5.69 Å². The van der Waals surface area contributed by atoms with Gasteiger partial charge < -0.3 is 5.73 Å². The molecule has 0 spiro atoms. The van der Waals surface area contributed by atoms with Crippen molar-refractivity contribution in [2.24, 2.45) is 5.73 Å². The predicted molar refractivity (Wildman–Crippen MR) is 53.8 cm³/mol. The first kappa shape index (κ1) is 9.26. The van der Waals surface area contributed by atoms with E-state index in [1.54, 1.807) is 24.5 Å². The van der Waals surface area contributed by atoms with E-state index >= 15 is 0 Å². The Morgan fingerprint density at radius 1 is 1.27 bits per heavy atom. The van der Waals surface area contributed by atoms with Crippen LogP contribution in [0.1, 0.15) is 10.6 Å². The summed E-state index contributed by atoms with van der Waals surface area (Å²) < 4.78 is 0. The van der Waals surface area contributed by atoms with Crippen molar-refractivity contribution in [1.29, 1.82) is 0 Å². The van der Waals surface area contributed by atoms with Gasteiger partial charge in [-0.05, 0) is 18.2 Å². The molecule has 0 atom stereocenters. The van der Waals surface area contributed by atoms with E-state index in [4.69, 9.17) is 5.73 Å². The van der Waals surface area contributed by atoms with Crippen molar-refractivity contribution < 1.29 is 4.79 Å². The number of pyridine rings is 1. The fourth-order valence-corrected chi connectivity index (χ4v) is 1.15. The van der Waals surface area contributed by atoms with Crippen LogP contribution in [-0.2, 0) is 0 Å². The molecule has 0 radical (unpaired) electrons. The Balaban J connectivity index is 2.46. The summed E-state index contributed by atoms with van der Waals surface area (Å²) in [7, 11) is 0. The van der Waals surface area contributed by atoms with E-state index in [1.807, 2.05) is 6.07 Å². The summed E-state index contributed by atoms with van der Waals surface area (Å²) in [5.41, 5.74) is 6.53. The molecule has 0 bridgehead atoms. The molecule has 0 saturated carbocycles. The molecule has 2 N–H and O–H groups in total. The zero-order chi connectivity index (χ0) is 10.7. The fraction of sp³-hybridized carbons (Fsp3) is 0. The highest BCUT2D eigenvalue weighted by molar-refractivity contribution is 5.89. The Morgan fingerprint density at radius 2 is 2.13 bits per heavy atom. The van der Waals surface area contributed by atoms with Gasteiger partial charge in [-0.1, -0.05) is 0 Å². The molecule has 0 saturated heterocycles. The molecule has 1 amide bonds. The number of aromatic nitrogens is 3. The summed E-state index contributed by atoms with van der Waals surface area (Å²) in [6, 6.07) is 5.34. The summed E-state index contributed by atoms with van der Waals surface area (Å²) >= 11 is 0. The lowest BCUT2D eigenvalue weighted by Gasteiger charge is -2.00. The van der Waals surface area contributed by atoms with E-state index in [0.29, 0.717) is 5.69 Å². The summed E-state index contributed by atoms with van der Waals surface area (Å²) in [5, 5.41) is 0. The molecule has 5 nitrogen and oxygen atoms in total. The van der Waals surface area contributed by atoms with E-state index in [1.165, 1.54) is 6.20 Å². The largest absolute Gasteiger partial charge is 0.363 e. The molecule has 0 fully saturated rings. The lowest BCUT2D eigenvalue weighted by molar-refractivity contribution is 0.0990. The third-order valence-electron chi connectivity index (χ3n) is 1.83. The molecule has 2 heterocycles. The molecule has 0 aliphatic rings. The van der Waals surface area contributed by atoms with Gasteiger partial charge >= 0.3 is 0 Å². The lowest BCUT2D eigenvalue weighted by atomic mass is 10.2. The van der Waals surface area contributed by atoms with Crippen molar-refractivity contribution >= 4 is 5.91 Å². The van der Waals surface area contributed by atoms with Crippen LogP contribution in [0.4, 0.5) is 0 Å². The Kier molecular flexibility index (Phi) is 2.37. The Morgan fingerprint density at radius 3 is 2.80 bits per heavy atom. The summed E-state index contributed by atoms with van der Waals surface area (Å²) in [6.07, 6.45) is 4.82. The molecule has 0 aliphatic heterocycles. The fourth-order valence-electron chi connectivity index (χ4n) is 1.15. The van der Waals surface area contributed by atoms with Gasteiger partial charge in [0, 0.05) is 24.2 Å². The Bertz CT molecular complexity index is 484. The number of rotatable bonds is 2. The van der Waals surface area contributed by atoms with Crippen LogP contribution in [0.2, 0.25) is 0 Å². The van der Waals surface area contributed by atoms with Crippen molar-refractivity contribution in [2.45, 2.75) is 0 Å². The van der Waals surface area contributed by atoms with Gasteiger partial charge in [0.15, 0.2) is 0 Å². The first-order valence-corrected chi connectivity index (χ1v) is 4.30. The highest BCUT2D eigenvalue weighted by atomic mass is 16.1. The maximum absolute atomic E-state index is 10.9. The molecule has 0 unspecified atom stereocenters. The second kappa shape index (κ2) is 3.83. The van der Waals surface area contributed by atoms with Crippen molar-refractivity contribution in [3.8, 4) is 11.3 Å². The maximum Gasteiger partial charge on any atom is 0.286 e.